The van der Waals surface area contributed by atoms with Gasteiger partial charge in [0.15, 0.2) is 0 Å². The van der Waals surface area contributed by atoms with Crippen LogP contribution in [0.3, 0.4) is 0 Å². The van der Waals surface area contributed by atoms with Gasteiger partial charge < -0.3 is 4.42 Å². The van der Waals surface area contributed by atoms with E-state index in [0.717, 1.165) is 10.0 Å². The van der Waals surface area contributed by atoms with Gasteiger partial charge in [-0.3, -0.25) is 4.79 Å². The van der Waals surface area contributed by atoms with Crippen molar-refractivity contribution in [2.75, 3.05) is 0 Å². The maximum absolute atomic E-state index is 12.5. The zero-order chi connectivity index (χ0) is 13.4. The summed E-state index contributed by atoms with van der Waals surface area (Å²) in [6.45, 7) is 0. The van der Waals surface area contributed by atoms with Gasteiger partial charge in [-0.15, -0.1) is 0 Å². The summed E-state index contributed by atoms with van der Waals surface area (Å²) in [5, 5.41) is 0.628. The second kappa shape index (κ2) is 4.83. The molecule has 0 spiro atoms. The first-order valence-corrected chi connectivity index (χ1v) is 6.81. The summed E-state index contributed by atoms with van der Waals surface area (Å²) in [5.41, 5.74) is 1.51. The van der Waals surface area contributed by atoms with Gasteiger partial charge in [0.05, 0.1) is 10.9 Å². The molecule has 0 saturated heterocycles. The molecule has 0 aliphatic carbocycles. The summed E-state index contributed by atoms with van der Waals surface area (Å²) < 4.78 is 6.36. The van der Waals surface area contributed by atoms with Crippen molar-refractivity contribution in [3.63, 3.8) is 0 Å². The van der Waals surface area contributed by atoms with Crippen molar-refractivity contribution >= 4 is 38.5 Å². The summed E-state index contributed by atoms with van der Waals surface area (Å²) in [7, 11) is 0. The van der Waals surface area contributed by atoms with Gasteiger partial charge in [-0.1, -0.05) is 46.3 Å². The van der Waals surface area contributed by atoms with Crippen LogP contribution in [0.1, 0.15) is 0 Å². The van der Waals surface area contributed by atoms with Gasteiger partial charge in [-0.25, -0.2) is 0 Å². The molecule has 0 aliphatic rings. The van der Waals surface area contributed by atoms with Gasteiger partial charge in [0.1, 0.15) is 5.58 Å². The highest BCUT2D eigenvalue weighted by Gasteiger charge is 2.14. The number of hydrogen-bond donors (Lipinski definition) is 0. The molecule has 0 unspecified atom stereocenters. The van der Waals surface area contributed by atoms with Gasteiger partial charge >= 0.3 is 0 Å². The highest BCUT2D eigenvalue weighted by atomic mass is 79.9. The van der Waals surface area contributed by atoms with E-state index in [0.29, 0.717) is 16.5 Å². The lowest BCUT2D eigenvalue weighted by Gasteiger charge is -2.05. The molecule has 94 valence electrons. The molecule has 0 N–H and O–H groups in total. The van der Waals surface area contributed by atoms with E-state index in [9.17, 15) is 4.79 Å². The van der Waals surface area contributed by atoms with Crippen molar-refractivity contribution in [1.82, 2.24) is 0 Å². The van der Waals surface area contributed by atoms with E-state index < -0.39 is 0 Å². The van der Waals surface area contributed by atoms with E-state index >= 15 is 0 Å². The van der Waals surface area contributed by atoms with Crippen LogP contribution in [0, 0.1) is 0 Å². The van der Waals surface area contributed by atoms with Crippen molar-refractivity contribution in [3.05, 3.63) is 68.4 Å². The fraction of sp³-hybridized carbons (Fsp3) is 0. The molecule has 0 radical (unpaired) electrons. The van der Waals surface area contributed by atoms with Crippen molar-refractivity contribution in [2.24, 2.45) is 0 Å². The normalized spacial score (nSPS) is 10.8. The molecule has 0 fully saturated rings. The zero-order valence-electron chi connectivity index (χ0n) is 9.69. The van der Waals surface area contributed by atoms with Gasteiger partial charge in [0.25, 0.3) is 0 Å². The topological polar surface area (TPSA) is 30.2 Å². The lowest BCUT2D eigenvalue weighted by Crippen LogP contribution is -2.05. The van der Waals surface area contributed by atoms with Crippen LogP contribution in [0.2, 0.25) is 5.22 Å². The molecule has 3 aromatic rings. The van der Waals surface area contributed by atoms with Crippen LogP contribution in [-0.4, -0.2) is 0 Å². The Morgan fingerprint density at radius 3 is 2.53 bits per heavy atom. The van der Waals surface area contributed by atoms with Gasteiger partial charge in [-0.05, 0) is 35.4 Å². The van der Waals surface area contributed by atoms with Gasteiger partial charge in [0.2, 0.25) is 10.6 Å². The summed E-state index contributed by atoms with van der Waals surface area (Å²) in [5.74, 6) is 0. The Balaban J connectivity index is 2.41. The molecule has 19 heavy (non-hydrogen) atoms. The van der Waals surface area contributed by atoms with Crippen LogP contribution in [0.15, 0.2) is 62.2 Å². The van der Waals surface area contributed by atoms with E-state index in [4.69, 9.17) is 16.0 Å². The minimum absolute atomic E-state index is 0.117. The van der Waals surface area contributed by atoms with E-state index in [1.54, 1.807) is 12.1 Å². The van der Waals surface area contributed by atoms with Gasteiger partial charge in [0, 0.05) is 4.47 Å². The predicted molar refractivity (Wildman–Crippen MR) is 80.6 cm³/mol. The Bertz CT molecular complexity index is 809. The molecular formula is C15H8BrClO2. The average molecular weight is 336 g/mol. The van der Waals surface area contributed by atoms with Crippen LogP contribution in [0.25, 0.3) is 22.1 Å². The first kappa shape index (κ1) is 12.5. The molecule has 4 heteroatoms. The minimum atomic E-state index is -0.126. The van der Waals surface area contributed by atoms with Crippen molar-refractivity contribution in [1.29, 1.82) is 0 Å². The van der Waals surface area contributed by atoms with E-state index in [-0.39, 0.29) is 10.6 Å². The highest BCUT2D eigenvalue weighted by Crippen LogP contribution is 2.29. The summed E-state index contributed by atoms with van der Waals surface area (Å²) in [4.78, 5) is 12.5. The fourth-order valence-corrected chi connectivity index (χ4v) is 2.63. The lowest BCUT2D eigenvalue weighted by molar-refractivity contribution is 0.607. The SMILES string of the molecule is O=c1c(-c2ccccc2)c(Cl)oc2ccc(Br)cc12. The third kappa shape index (κ3) is 2.20. The molecule has 2 nitrogen and oxygen atoms in total. The molecule has 0 amide bonds. The highest BCUT2D eigenvalue weighted by molar-refractivity contribution is 9.10. The van der Waals surface area contributed by atoms with Crippen LogP contribution < -0.4 is 5.43 Å². The fourth-order valence-electron chi connectivity index (χ4n) is 1.99. The molecule has 0 atom stereocenters. The van der Waals surface area contributed by atoms with Crippen LogP contribution in [0.4, 0.5) is 0 Å². The Morgan fingerprint density at radius 2 is 1.79 bits per heavy atom. The third-order valence-electron chi connectivity index (χ3n) is 2.87. The molecule has 3 rings (SSSR count). The van der Waals surface area contributed by atoms with Crippen LogP contribution >= 0.6 is 27.5 Å². The quantitative estimate of drug-likeness (QED) is 0.634. The molecule has 0 aliphatic heterocycles. The Labute approximate surface area is 122 Å². The number of hydrogen-bond acceptors (Lipinski definition) is 2. The van der Waals surface area contributed by atoms with E-state index in [1.807, 2.05) is 36.4 Å². The first-order valence-electron chi connectivity index (χ1n) is 5.64. The van der Waals surface area contributed by atoms with Crippen LogP contribution in [0.5, 0.6) is 0 Å². The van der Waals surface area contributed by atoms with E-state index in [1.165, 1.54) is 0 Å². The number of halogens is 2. The predicted octanol–water partition coefficient (Wildman–Crippen LogP) is 4.88. The largest absolute Gasteiger partial charge is 0.444 e. The summed E-state index contributed by atoms with van der Waals surface area (Å²) in [6, 6.07) is 14.5. The zero-order valence-corrected chi connectivity index (χ0v) is 12.0. The van der Waals surface area contributed by atoms with Crippen molar-refractivity contribution in [3.8, 4) is 11.1 Å². The standard InChI is InChI=1S/C15H8BrClO2/c16-10-6-7-12-11(8-10)14(18)13(15(17)19-12)9-4-2-1-3-5-9/h1-8H. The first-order chi connectivity index (χ1) is 9.16. The molecule has 1 aromatic heterocycles. The Kier molecular flexibility index (Phi) is 3.17. The van der Waals surface area contributed by atoms with Gasteiger partial charge in [-0.2, -0.15) is 0 Å². The second-order valence-corrected chi connectivity index (χ2v) is 5.35. The Hall–Kier alpha value is -1.58. The number of fused-ring (bicyclic) bond motifs is 1. The molecule has 2 aromatic carbocycles. The molecule has 1 heterocycles. The second-order valence-electron chi connectivity index (χ2n) is 4.09. The molecular weight excluding hydrogens is 328 g/mol. The maximum atomic E-state index is 12.5. The maximum Gasteiger partial charge on any atom is 0.205 e. The Morgan fingerprint density at radius 1 is 1.05 bits per heavy atom. The molecule has 0 saturated carbocycles. The lowest BCUT2D eigenvalue weighted by atomic mass is 10.1. The summed E-state index contributed by atoms with van der Waals surface area (Å²) >= 11 is 9.46. The van der Waals surface area contributed by atoms with Crippen molar-refractivity contribution in [2.45, 2.75) is 0 Å². The monoisotopic (exact) mass is 334 g/mol. The number of rotatable bonds is 1. The average Bonchev–Trinajstić information content (AvgIpc) is 2.41. The van der Waals surface area contributed by atoms with E-state index in [2.05, 4.69) is 15.9 Å². The minimum Gasteiger partial charge on any atom is -0.444 e. The molecule has 0 bridgehead atoms. The third-order valence-corrected chi connectivity index (χ3v) is 3.63. The number of benzene rings is 2. The smallest absolute Gasteiger partial charge is 0.205 e. The van der Waals surface area contributed by atoms with Crippen LogP contribution in [-0.2, 0) is 0 Å². The van der Waals surface area contributed by atoms with Crippen molar-refractivity contribution < 1.29 is 4.42 Å². The summed E-state index contributed by atoms with van der Waals surface area (Å²) in [6.07, 6.45) is 0.